The zero-order valence-electron chi connectivity index (χ0n) is 12.4. The minimum Gasteiger partial charge on any atom is -0.497 e. The summed E-state index contributed by atoms with van der Waals surface area (Å²) in [4.78, 5) is 24.7. The topological polar surface area (TPSA) is 76.1 Å². The number of amides is 1. The van der Waals surface area contributed by atoms with E-state index in [1.165, 1.54) is 4.90 Å². The van der Waals surface area contributed by atoms with Crippen LogP contribution in [-0.2, 0) is 16.1 Å². The fraction of sp³-hybridized carbons (Fsp3) is 0.500. The maximum atomic E-state index is 11.6. The Labute approximate surface area is 128 Å². The first-order valence-corrected chi connectivity index (χ1v) is 7.37. The molecule has 1 aliphatic carbocycles. The van der Waals surface area contributed by atoms with E-state index >= 15 is 0 Å². The predicted molar refractivity (Wildman–Crippen MR) is 77.5 cm³/mol. The minimum absolute atomic E-state index is 0.123. The summed E-state index contributed by atoms with van der Waals surface area (Å²) in [7, 11) is 1.59. The van der Waals surface area contributed by atoms with Crippen molar-refractivity contribution in [2.75, 3.05) is 13.7 Å². The van der Waals surface area contributed by atoms with Gasteiger partial charge in [-0.2, -0.15) is 0 Å². The number of methoxy groups -OCH3 is 1. The molecule has 118 valence electrons. The standard InChI is InChI=1S/C16H19NO5/c1-21-13-4-2-10(3-5-13)8-17(16(19)20)12-6-11-9-22-15(18)14(11)7-12/h2-5,11-12,14H,6-9H2,1H3,(H,19,20)/t11-,12-,14-/m1/s1. The predicted octanol–water partition coefficient (Wildman–Crippen LogP) is 2.13. The Hall–Kier alpha value is -2.24. The lowest BCUT2D eigenvalue weighted by atomic mass is 10.0. The zero-order chi connectivity index (χ0) is 15.7. The molecule has 6 nitrogen and oxygen atoms in total. The molecule has 1 amide bonds. The molecule has 2 aliphatic rings. The molecule has 22 heavy (non-hydrogen) atoms. The van der Waals surface area contributed by atoms with Crippen LogP contribution in [-0.4, -0.2) is 41.8 Å². The highest BCUT2D eigenvalue weighted by atomic mass is 16.5. The number of rotatable bonds is 4. The number of benzene rings is 1. The normalized spacial score (nSPS) is 26.4. The fourth-order valence-electron chi connectivity index (χ4n) is 3.40. The van der Waals surface area contributed by atoms with Crippen molar-refractivity contribution in [2.24, 2.45) is 11.8 Å². The average Bonchev–Trinajstić information content (AvgIpc) is 3.07. The smallest absolute Gasteiger partial charge is 0.407 e. The van der Waals surface area contributed by atoms with Gasteiger partial charge >= 0.3 is 12.1 Å². The lowest BCUT2D eigenvalue weighted by Gasteiger charge is -2.27. The van der Waals surface area contributed by atoms with Crippen molar-refractivity contribution in [2.45, 2.75) is 25.4 Å². The molecule has 1 saturated carbocycles. The SMILES string of the molecule is COc1ccc(CN(C(=O)O)[C@@H]2C[C@@H]3COC(=O)[C@@H]3C2)cc1. The summed E-state index contributed by atoms with van der Waals surface area (Å²) in [6, 6.07) is 7.23. The largest absolute Gasteiger partial charge is 0.497 e. The molecular weight excluding hydrogens is 286 g/mol. The maximum absolute atomic E-state index is 11.6. The van der Waals surface area contributed by atoms with E-state index < -0.39 is 6.09 Å². The third-order valence-electron chi connectivity index (χ3n) is 4.61. The van der Waals surface area contributed by atoms with Gasteiger partial charge in [0.25, 0.3) is 0 Å². The van der Waals surface area contributed by atoms with E-state index in [2.05, 4.69) is 0 Å². The quantitative estimate of drug-likeness (QED) is 0.862. The third kappa shape index (κ3) is 2.73. The Balaban J connectivity index is 1.70. The van der Waals surface area contributed by atoms with Gasteiger partial charge in [-0.15, -0.1) is 0 Å². The van der Waals surface area contributed by atoms with Gasteiger partial charge in [-0.25, -0.2) is 4.79 Å². The summed E-state index contributed by atoms with van der Waals surface area (Å²) < 4.78 is 10.1. The van der Waals surface area contributed by atoms with Crippen molar-refractivity contribution >= 4 is 12.1 Å². The van der Waals surface area contributed by atoms with Crippen molar-refractivity contribution in [3.63, 3.8) is 0 Å². The first-order chi connectivity index (χ1) is 10.6. The molecule has 6 heteroatoms. The summed E-state index contributed by atoms with van der Waals surface area (Å²) in [6.07, 6.45) is 0.305. The molecular formula is C16H19NO5. The van der Waals surface area contributed by atoms with E-state index in [1.807, 2.05) is 24.3 Å². The van der Waals surface area contributed by atoms with Gasteiger partial charge in [0.1, 0.15) is 5.75 Å². The van der Waals surface area contributed by atoms with E-state index in [1.54, 1.807) is 7.11 Å². The number of carboxylic acid groups (broad SMARTS) is 1. The average molecular weight is 305 g/mol. The lowest BCUT2D eigenvalue weighted by molar-refractivity contribution is -0.141. The molecule has 0 bridgehead atoms. The van der Waals surface area contributed by atoms with Gasteiger partial charge in [0.15, 0.2) is 0 Å². The second-order valence-electron chi connectivity index (χ2n) is 5.88. The van der Waals surface area contributed by atoms with Crippen LogP contribution < -0.4 is 4.74 Å². The summed E-state index contributed by atoms with van der Waals surface area (Å²) in [5.74, 6) is 0.587. The zero-order valence-corrected chi connectivity index (χ0v) is 12.4. The Bertz CT molecular complexity index is 570. The molecule has 1 aromatic carbocycles. The van der Waals surface area contributed by atoms with Crippen LogP contribution in [0.4, 0.5) is 4.79 Å². The Morgan fingerprint density at radius 1 is 1.36 bits per heavy atom. The van der Waals surface area contributed by atoms with Gasteiger partial charge < -0.3 is 19.5 Å². The lowest BCUT2D eigenvalue weighted by Crippen LogP contribution is -2.38. The highest BCUT2D eigenvalue weighted by molar-refractivity contribution is 5.75. The molecule has 0 radical (unpaired) electrons. The van der Waals surface area contributed by atoms with Crippen molar-refractivity contribution in [1.82, 2.24) is 4.90 Å². The number of hydrogen-bond acceptors (Lipinski definition) is 4. The van der Waals surface area contributed by atoms with Crippen LogP contribution in [0.3, 0.4) is 0 Å². The van der Waals surface area contributed by atoms with E-state index in [4.69, 9.17) is 9.47 Å². The van der Waals surface area contributed by atoms with Gasteiger partial charge in [-0.1, -0.05) is 12.1 Å². The molecule has 3 atom stereocenters. The van der Waals surface area contributed by atoms with E-state index in [9.17, 15) is 14.7 Å². The van der Waals surface area contributed by atoms with E-state index in [0.717, 1.165) is 11.3 Å². The highest BCUT2D eigenvalue weighted by Gasteiger charge is 2.47. The molecule has 3 rings (SSSR count). The fourth-order valence-corrected chi connectivity index (χ4v) is 3.40. The monoisotopic (exact) mass is 305 g/mol. The molecule has 0 spiro atoms. The molecule has 0 aromatic heterocycles. The molecule has 1 heterocycles. The van der Waals surface area contributed by atoms with Crippen molar-refractivity contribution in [3.8, 4) is 5.75 Å². The summed E-state index contributed by atoms with van der Waals surface area (Å²) in [6.45, 7) is 0.745. The second kappa shape index (κ2) is 5.87. The highest BCUT2D eigenvalue weighted by Crippen LogP contribution is 2.40. The first-order valence-electron chi connectivity index (χ1n) is 7.37. The Morgan fingerprint density at radius 2 is 2.09 bits per heavy atom. The maximum Gasteiger partial charge on any atom is 0.407 e. The van der Waals surface area contributed by atoms with Crippen LogP contribution in [0.5, 0.6) is 5.75 Å². The summed E-state index contributed by atoms with van der Waals surface area (Å²) >= 11 is 0. The van der Waals surface area contributed by atoms with Gasteiger partial charge in [0, 0.05) is 18.5 Å². The van der Waals surface area contributed by atoms with Crippen LogP contribution in [0.1, 0.15) is 18.4 Å². The Kier molecular flexibility index (Phi) is 3.92. The minimum atomic E-state index is -0.950. The number of nitrogens with zero attached hydrogens (tertiary/aromatic N) is 1. The number of carbonyl (C=O) groups excluding carboxylic acids is 1. The number of esters is 1. The van der Waals surface area contributed by atoms with Crippen LogP contribution in [0.2, 0.25) is 0 Å². The van der Waals surface area contributed by atoms with Gasteiger partial charge in [0.05, 0.1) is 19.6 Å². The molecule has 1 N–H and O–H groups in total. The molecule has 0 unspecified atom stereocenters. The molecule has 1 saturated heterocycles. The number of hydrogen-bond donors (Lipinski definition) is 1. The number of ether oxygens (including phenoxy) is 2. The summed E-state index contributed by atoms with van der Waals surface area (Å²) in [5.41, 5.74) is 0.905. The van der Waals surface area contributed by atoms with E-state index in [0.29, 0.717) is 26.0 Å². The third-order valence-corrected chi connectivity index (χ3v) is 4.61. The molecule has 1 aliphatic heterocycles. The first kappa shape index (κ1) is 14.7. The van der Waals surface area contributed by atoms with Crippen LogP contribution in [0.15, 0.2) is 24.3 Å². The number of carbonyl (C=O) groups is 2. The Morgan fingerprint density at radius 3 is 2.68 bits per heavy atom. The summed E-state index contributed by atoms with van der Waals surface area (Å²) in [5, 5.41) is 9.51. The van der Waals surface area contributed by atoms with Gasteiger partial charge in [0.2, 0.25) is 0 Å². The van der Waals surface area contributed by atoms with Crippen LogP contribution in [0, 0.1) is 11.8 Å². The number of cyclic esters (lactones) is 1. The van der Waals surface area contributed by atoms with E-state index in [-0.39, 0.29) is 23.8 Å². The van der Waals surface area contributed by atoms with Crippen molar-refractivity contribution in [1.29, 1.82) is 0 Å². The molecule has 2 fully saturated rings. The van der Waals surface area contributed by atoms with Gasteiger partial charge in [-0.3, -0.25) is 4.79 Å². The molecule has 1 aromatic rings. The number of fused-ring (bicyclic) bond motifs is 1. The van der Waals surface area contributed by atoms with Crippen molar-refractivity contribution < 1.29 is 24.2 Å². The van der Waals surface area contributed by atoms with Crippen LogP contribution >= 0.6 is 0 Å². The van der Waals surface area contributed by atoms with Gasteiger partial charge in [-0.05, 0) is 30.5 Å². The van der Waals surface area contributed by atoms with Crippen LogP contribution in [0.25, 0.3) is 0 Å². The van der Waals surface area contributed by atoms with Crippen molar-refractivity contribution in [3.05, 3.63) is 29.8 Å². The second-order valence-corrected chi connectivity index (χ2v) is 5.88.